The van der Waals surface area contributed by atoms with Gasteiger partial charge in [0, 0.05) is 12.6 Å². The zero-order chi connectivity index (χ0) is 19.8. The van der Waals surface area contributed by atoms with Crippen LogP contribution in [-0.2, 0) is 17.8 Å². The lowest BCUT2D eigenvalue weighted by Crippen LogP contribution is -2.31. The van der Waals surface area contributed by atoms with Crippen LogP contribution in [0.1, 0.15) is 17.5 Å². The average Bonchev–Trinajstić information content (AvgIpc) is 2.76. The molecule has 1 heterocycles. The van der Waals surface area contributed by atoms with E-state index in [-0.39, 0.29) is 5.91 Å². The van der Waals surface area contributed by atoms with Gasteiger partial charge < -0.3 is 9.47 Å². The first-order valence-corrected chi connectivity index (χ1v) is 9.18. The molecule has 3 rings (SSSR count). The number of rotatable bonds is 8. The number of methoxy groups -OCH3 is 2. The number of carbonyl (C=O) groups is 1. The average molecular weight is 376 g/mol. The largest absolute Gasteiger partial charge is 0.493 e. The van der Waals surface area contributed by atoms with Crippen molar-refractivity contribution in [2.45, 2.75) is 19.4 Å². The van der Waals surface area contributed by atoms with Gasteiger partial charge in [0.2, 0.25) is 5.91 Å². The number of benzene rings is 2. The fourth-order valence-electron chi connectivity index (χ4n) is 3.10. The van der Waals surface area contributed by atoms with Crippen LogP contribution in [0.15, 0.2) is 72.9 Å². The summed E-state index contributed by atoms with van der Waals surface area (Å²) < 4.78 is 10.8. The summed E-state index contributed by atoms with van der Waals surface area (Å²) in [6, 6.07) is 21.2. The molecule has 5 heteroatoms. The molecule has 0 bridgehead atoms. The first kappa shape index (κ1) is 19.4. The molecule has 3 aromatic rings. The van der Waals surface area contributed by atoms with E-state index in [0.717, 1.165) is 11.1 Å². The van der Waals surface area contributed by atoms with E-state index >= 15 is 0 Å². The van der Waals surface area contributed by atoms with Crippen LogP contribution >= 0.6 is 0 Å². The van der Waals surface area contributed by atoms with Gasteiger partial charge in [0.15, 0.2) is 11.5 Å². The normalized spacial score (nSPS) is 10.4. The second kappa shape index (κ2) is 9.55. The van der Waals surface area contributed by atoms with Crippen LogP contribution in [0.3, 0.4) is 0 Å². The molecule has 0 saturated carbocycles. The number of carbonyl (C=O) groups excluding carboxylic acids is 1. The lowest BCUT2D eigenvalue weighted by molar-refractivity contribution is -0.118. The minimum absolute atomic E-state index is 0.00688. The van der Waals surface area contributed by atoms with Crippen LogP contribution in [0.4, 0.5) is 5.82 Å². The molecular formula is C23H24N2O3. The van der Waals surface area contributed by atoms with Gasteiger partial charge in [0.1, 0.15) is 5.82 Å². The van der Waals surface area contributed by atoms with Crippen molar-refractivity contribution in [3.63, 3.8) is 0 Å². The minimum atomic E-state index is 0.00688. The highest BCUT2D eigenvalue weighted by atomic mass is 16.5. The maximum absolute atomic E-state index is 13.1. The van der Waals surface area contributed by atoms with Crippen molar-refractivity contribution in [2.75, 3.05) is 19.1 Å². The van der Waals surface area contributed by atoms with Crippen molar-refractivity contribution in [1.29, 1.82) is 0 Å². The Balaban J connectivity index is 1.79. The Bertz CT molecular complexity index is 898. The Morgan fingerprint density at radius 2 is 1.71 bits per heavy atom. The quantitative estimate of drug-likeness (QED) is 0.589. The van der Waals surface area contributed by atoms with Crippen molar-refractivity contribution in [1.82, 2.24) is 4.98 Å². The summed E-state index contributed by atoms with van der Waals surface area (Å²) in [4.78, 5) is 19.2. The van der Waals surface area contributed by atoms with Crippen LogP contribution < -0.4 is 14.4 Å². The van der Waals surface area contributed by atoms with Gasteiger partial charge >= 0.3 is 0 Å². The predicted molar refractivity (Wildman–Crippen MR) is 110 cm³/mol. The number of nitrogens with zero attached hydrogens (tertiary/aromatic N) is 2. The van der Waals surface area contributed by atoms with E-state index in [1.807, 2.05) is 66.7 Å². The summed E-state index contributed by atoms with van der Waals surface area (Å²) >= 11 is 0. The number of amides is 1. The highest BCUT2D eigenvalue weighted by molar-refractivity contribution is 5.92. The van der Waals surface area contributed by atoms with Crippen molar-refractivity contribution in [3.8, 4) is 11.5 Å². The van der Waals surface area contributed by atoms with E-state index in [1.165, 1.54) is 0 Å². The molecule has 0 saturated heterocycles. The Hall–Kier alpha value is -3.34. The van der Waals surface area contributed by atoms with Crippen molar-refractivity contribution >= 4 is 11.7 Å². The highest BCUT2D eigenvalue weighted by Gasteiger charge is 2.18. The van der Waals surface area contributed by atoms with E-state index in [1.54, 1.807) is 25.3 Å². The van der Waals surface area contributed by atoms with Crippen molar-refractivity contribution < 1.29 is 14.3 Å². The summed E-state index contributed by atoms with van der Waals surface area (Å²) in [6.07, 6.45) is 2.59. The van der Waals surface area contributed by atoms with Gasteiger partial charge in [0.05, 0.1) is 20.8 Å². The van der Waals surface area contributed by atoms with Crippen LogP contribution in [0.2, 0.25) is 0 Å². The maximum Gasteiger partial charge on any atom is 0.228 e. The fraction of sp³-hybridized carbons (Fsp3) is 0.217. The first-order valence-electron chi connectivity index (χ1n) is 9.18. The highest BCUT2D eigenvalue weighted by Crippen LogP contribution is 2.31. The molecule has 5 nitrogen and oxygen atoms in total. The Labute approximate surface area is 165 Å². The van der Waals surface area contributed by atoms with Gasteiger partial charge in [-0.3, -0.25) is 9.69 Å². The number of pyridine rings is 1. The monoisotopic (exact) mass is 376 g/mol. The van der Waals surface area contributed by atoms with Crippen LogP contribution in [-0.4, -0.2) is 25.1 Å². The molecule has 0 fully saturated rings. The van der Waals surface area contributed by atoms with E-state index in [0.29, 0.717) is 36.7 Å². The topological polar surface area (TPSA) is 51.7 Å². The van der Waals surface area contributed by atoms with Crippen LogP contribution in [0.5, 0.6) is 11.5 Å². The molecule has 2 aromatic carbocycles. The standard InChI is InChI=1S/C23H24N2O3/c1-27-20-12-8-11-19(23(20)28-2)14-15-22(26)25(21-13-6-7-16-24-21)17-18-9-4-3-5-10-18/h3-13,16H,14-15,17H2,1-2H3. The Kier molecular flexibility index (Phi) is 6.63. The van der Waals surface area contributed by atoms with Crippen LogP contribution in [0, 0.1) is 0 Å². The number of aryl methyl sites for hydroxylation is 1. The van der Waals surface area contributed by atoms with E-state index in [4.69, 9.17) is 9.47 Å². The summed E-state index contributed by atoms with van der Waals surface area (Å²) in [5.41, 5.74) is 2.00. The first-order chi connectivity index (χ1) is 13.7. The molecule has 0 atom stereocenters. The lowest BCUT2D eigenvalue weighted by atomic mass is 10.1. The SMILES string of the molecule is COc1cccc(CCC(=O)N(Cc2ccccc2)c2ccccn2)c1OC. The zero-order valence-electron chi connectivity index (χ0n) is 16.2. The molecule has 0 spiro atoms. The minimum Gasteiger partial charge on any atom is -0.493 e. The summed E-state index contributed by atoms with van der Waals surface area (Å²) in [5.74, 6) is 1.99. The summed E-state index contributed by atoms with van der Waals surface area (Å²) in [5, 5.41) is 0. The number of para-hydroxylation sites is 1. The third-order valence-corrected chi connectivity index (χ3v) is 4.50. The smallest absolute Gasteiger partial charge is 0.228 e. The molecule has 0 aliphatic carbocycles. The van der Waals surface area contributed by atoms with Gasteiger partial charge in [-0.1, -0.05) is 48.5 Å². The van der Waals surface area contributed by atoms with Gasteiger partial charge in [-0.25, -0.2) is 4.98 Å². The number of anilines is 1. The molecular weight excluding hydrogens is 352 g/mol. The molecule has 0 aliphatic rings. The van der Waals surface area contributed by atoms with Crippen molar-refractivity contribution in [3.05, 3.63) is 84.1 Å². The van der Waals surface area contributed by atoms with E-state index in [2.05, 4.69) is 4.98 Å². The van der Waals surface area contributed by atoms with Crippen molar-refractivity contribution in [2.24, 2.45) is 0 Å². The van der Waals surface area contributed by atoms with Gasteiger partial charge in [0.25, 0.3) is 0 Å². The summed E-state index contributed by atoms with van der Waals surface area (Å²) in [7, 11) is 3.22. The number of hydrogen-bond donors (Lipinski definition) is 0. The molecule has 28 heavy (non-hydrogen) atoms. The molecule has 0 N–H and O–H groups in total. The molecule has 1 aromatic heterocycles. The van der Waals surface area contributed by atoms with Gasteiger partial charge in [-0.2, -0.15) is 0 Å². The lowest BCUT2D eigenvalue weighted by Gasteiger charge is -2.22. The Morgan fingerprint density at radius 1 is 0.929 bits per heavy atom. The predicted octanol–water partition coefficient (Wildman–Crippen LogP) is 4.26. The third kappa shape index (κ3) is 4.68. The fourth-order valence-corrected chi connectivity index (χ4v) is 3.10. The molecule has 0 unspecified atom stereocenters. The second-order valence-corrected chi connectivity index (χ2v) is 6.31. The maximum atomic E-state index is 13.1. The third-order valence-electron chi connectivity index (χ3n) is 4.50. The van der Waals surface area contributed by atoms with E-state index in [9.17, 15) is 4.79 Å². The molecule has 0 radical (unpaired) electrons. The van der Waals surface area contributed by atoms with Crippen LogP contribution in [0.25, 0.3) is 0 Å². The zero-order valence-corrected chi connectivity index (χ0v) is 16.2. The number of aromatic nitrogens is 1. The Morgan fingerprint density at radius 3 is 2.39 bits per heavy atom. The molecule has 0 aliphatic heterocycles. The second-order valence-electron chi connectivity index (χ2n) is 6.31. The number of hydrogen-bond acceptors (Lipinski definition) is 4. The van der Waals surface area contributed by atoms with E-state index < -0.39 is 0 Å². The molecule has 1 amide bonds. The van der Waals surface area contributed by atoms with Gasteiger partial charge in [-0.15, -0.1) is 0 Å². The van der Waals surface area contributed by atoms with Gasteiger partial charge in [-0.05, 0) is 35.7 Å². The summed E-state index contributed by atoms with van der Waals surface area (Å²) in [6.45, 7) is 0.478. The molecule has 144 valence electrons. The number of ether oxygens (including phenoxy) is 2.